The van der Waals surface area contributed by atoms with Crippen molar-refractivity contribution in [3.63, 3.8) is 0 Å². The Morgan fingerprint density at radius 2 is 1.83 bits per heavy atom. The number of anilines is 1. The fourth-order valence-corrected chi connectivity index (χ4v) is 4.65. The van der Waals surface area contributed by atoms with Crippen molar-refractivity contribution in [2.24, 2.45) is 5.92 Å². The maximum Gasteiger partial charge on any atom is 0.321 e. The average Bonchev–Trinajstić information content (AvgIpc) is 2.76. The number of urea groups is 1. The Morgan fingerprint density at radius 1 is 1.03 bits per heavy atom. The summed E-state index contributed by atoms with van der Waals surface area (Å²) in [6.07, 6.45) is 5.83. The van der Waals surface area contributed by atoms with Gasteiger partial charge in [0, 0.05) is 45.0 Å². The van der Waals surface area contributed by atoms with E-state index in [0.29, 0.717) is 22.3 Å². The molecule has 1 aromatic rings. The number of unbranched alkanes of at least 4 members (excludes halogenated alkanes) is 1. The molecular weight excluding hydrogens is 423 g/mol. The number of aliphatic hydroxyl groups is 1. The molecule has 1 aromatic carbocycles. The third-order valence-electron chi connectivity index (χ3n) is 6.17. The summed E-state index contributed by atoms with van der Waals surface area (Å²) in [5.74, 6) is 0.767. The standard InChI is InChI=1S/C22H34Cl2N4O2/c23-20-6-5-19(16-21(20)24)25-22(30)28-13-11-26(12-14-28)10-7-18-4-3-9-27(17-18)8-1-2-15-29/h5-6,16,18,29H,1-4,7-15,17H2,(H,25,30)/t18-/m1/s1. The number of amides is 2. The minimum Gasteiger partial charge on any atom is -0.396 e. The summed E-state index contributed by atoms with van der Waals surface area (Å²) < 4.78 is 0. The molecule has 0 spiro atoms. The maximum absolute atomic E-state index is 12.5. The molecule has 2 N–H and O–H groups in total. The topological polar surface area (TPSA) is 59.1 Å². The van der Waals surface area contributed by atoms with Gasteiger partial charge in [-0.05, 0) is 75.9 Å². The smallest absolute Gasteiger partial charge is 0.321 e. The number of carbonyl (C=O) groups is 1. The molecule has 2 amide bonds. The van der Waals surface area contributed by atoms with Crippen LogP contribution in [0.2, 0.25) is 10.0 Å². The molecule has 2 aliphatic rings. The highest BCUT2D eigenvalue weighted by Crippen LogP contribution is 2.25. The van der Waals surface area contributed by atoms with E-state index in [2.05, 4.69) is 15.1 Å². The molecule has 0 aliphatic carbocycles. The number of halogens is 2. The number of piperidine rings is 1. The van der Waals surface area contributed by atoms with E-state index >= 15 is 0 Å². The number of aliphatic hydroxyl groups excluding tert-OH is 1. The molecule has 2 fully saturated rings. The molecule has 2 heterocycles. The zero-order chi connectivity index (χ0) is 21.3. The van der Waals surface area contributed by atoms with Gasteiger partial charge in [0.1, 0.15) is 0 Å². The minimum absolute atomic E-state index is 0.0844. The summed E-state index contributed by atoms with van der Waals surface area (Å²) in [5, 5.41) is 12.8. The second-order valence-electron chi connectivity index (χ2n) is 8.42. The number of nitrogens with one attached hydrogen (secondary N) is 1. The van der Waals surface area contributed by atoms with Gasteiger partial charge < -0.3 is 20.2 Å². The van der Waals surface area contributed by atoms with Crippen LogP contribution in [0.5, 0.6) is 0 Å². The summed E-state index contributed by atoms with van der Waals surface area (Å²) in [6, 6.07) is 5.05. The minimum atomic E-state index is -0.0844. The van der Waals surface area contributed by atoms with Crippen LogP contribution >= 0.6 is 23.2 Å². The number of piperazine rings is 1. The van der Waals surface area contributed by atoms with Crippen LogP contribution in [0.1, 0.15) is 32.1 Å². The Balaban J connectivity index is 1.35. The number of nitrogens with zero attached hydrogens (tertiary/aromatic N) is 3. The van der Waals surface area contributed by atoms with E-state index in [1.54, 1.807) is 18.2 Å². The monoisotopic (exact) mass is 456 g/mol. The number of likely N-dealkylation sites (tertiary alicyclic amines) is 1. The first-order valence-electron chi connectivity index (χ1n) is 11.1. The van der Waals surface area contributed by atoms with Gasteiger partial charge in [0.05, 0.1) is 10.0 Å². The zero-order valence-electron chi connectivity index (χ0n) is 17.7. The average molecular weight is 457 g/mol. The molecule has 1 atom stereocenters. The lowest BCUT2D eigenvalue weighted by molar-refractivity contribution is 0.123. The fraction of sp³-hybridized carbons (Fsp3) is 0.682. The van der Waals surface area contributed by atoms with Crippen molar-refractivity contribution in [2.45, 2.75) is 32.1 Å². The first-order chi connectivity index (χ1) is 14.5. The van der Waals surface area contributed by atoms with Crippen LogP contribution in [0.15, 0.2) is 18.2 Å². The maximum atomic E-state index is 12.5. The number of hydrogen-bond acceptors (Lipinski definition) is 4. The Kier molecular flexibility index (Phi) is 9.53. The summed E-state index contributed by atoms with van der Waals surface area (Å²) in [4.78, 5) is 19.4. The Labute approximate surface area is 190 Å². The highest BCUT2D eigenvalue weighted by molar-refractivity contribution is 6.42. The van der Waals surface area contributed by atoms with Crippen LogP contribution in [0, 0.1) is 5.92 Å². The van der Waals surface area contributed by atoms with Gasteiger partial charge in [-0.2, -0.15) is 0 Å². The molecule has 2 aliphatic heterocycles. The van der Waals surface area contributed by atoms with Crippen molar-refractivity contribution in [1.82, 2.24) is 14.7 Å². The van der Waals surface area contributed by atoms with Gasteiger partial charge in [-0.25, -0.2) is 4.79 Å². The Bertz CT molecular complexity index is 683. The number of carbonyl (C=O) groups excluding carboxylic acids is 1. The molecule has 0 aromatic heterocycles. The lowest BCUT2D eigenvalue weighted by Crippen LogP contribution is -2.50. The first kappa shape index (κ1) is 23.6. The van der Waals surface area contributed by atoms with E-state index in [9.17, 15) is 4.79 Å². The highest BCUT2D eigenvalue weighted by atomic mass is 35.5. The van der Waals surface area contributed by atoms with Gasteiger partial charge in [-0.3, -0.25) is 4.90 Å². The van der Waals surface area contributed by atoms with Crippen LogP contribution in [0.3, 0.4) is 0 Å². The van der Waals surface area contributed by atoms with Crippen LogP contribution < -0.4 is 5.32 Å². The van der Waals surface area contributed by atoms with Crippen molar-refractivity contribution in [1.29, 1.82) is 0 Å². The largest absolute Gasteiger partial charge is 0.396 e. The second-order valence-corrected chi connectivity index (χ2v) is 9.23. The molecule has 2 saturated heterocycles. The summed E-state index contributed by atoms with van der Waals surface area (Å²) >= 11 is 12.0. The van der Waals surface area contributed by atoms with Crippen molar-refractivity contribution in [2.75, 3.05) is 64.3 Å². The lowest BCUT2D eigenvalue weighted by Gasteiger charge is -2.37. The third kappa shape index (κ3) is 7.27. The molecule has 8 heteroatoms. The molecule has 0 bridgehead atoms. The second kappa shape index (κ2) is 12.1. The quantitative estimate of drug-likeness (QED) is 0.579. The van der Waals surface area contributed by atoms with Gasteiger partial charge in [-0.1, -0.05) is 23.2 Å². The van der Waals surface area contributed by atoms with Crippen LogP contribution in [-0.2, 0) is 0 Å². The first-order valence-corrected chi connectivity index (χ1v) is 11.9. The van der Waals surface area contributed by atoms with Gasteiger partial charge in [-0.15, -0.1) is 0 Å². The van der Waals surface area contributed by atoms with Crippen molar-refractivity contribution in [3.05, 3.63) is 28.2 Å². The fourth-order valence-electron chi connectivity index (χ4n) is 4.35. The number of rotatable bonds is 8. The molecule has 30 heavy (non-hydrogen) atoms. The highest BCUT2D eigenvalue weighted by Gasteiger charge is 2.24. The van der Waals surface area contributed by atoms with Crippen LogP contribution in [0.25, 0.3) is 0 Å². The normalized spacial score (nSPS) is 21.0. The SMILES string of the molecule is O=C(Nc1ccc(Cl)c(Cl)c1)N1CCN(CC[C@H]2CCCN(CCCCO)C2)CC1. The molecule has 0 saturated carbocycles. The van der Waals surface area contributed by atoms with Gasteiger partial charge in [0.2, 0.25) is 0 Å². The molecule has 0 unspecified atom stereocenters. The number of benzene rings is 1. The van der Waals surface area contributed by atoms with Gasteiger partial charge in [0.15, 0.2) is 0 Å². The van der Waals surface area contributed by atoms with Crippen molar-refractivity contribution >= 4 is 34.9 Å². The van der Waals surface area contributed by atoms with E-state index in [1.807, 2.05) is 4.90 Å². The molecule has 6 nitrogen and oxygen atoms in total. The molecule has 0 radical (unpaired) electrons. The van der Waals surface area contributed by atoms with E-state index in [4.69, 9.17) is 28.3 Å². The van der Waals surface area contributed by atoms with E-state index in [1.165, 1.54) is 32.4 Å². The lowest BCUT2D eigenvalue weighted by atomic mass is 9.94. The van der Waals surface area contributed by atoms with Crippen LogP contribution in [0.4, 0.5) is 10.5 Å². The van der Waals surface area contributed by atoms with Gasteiger partial charge in [0.25, 0.3) is 0 Å². The molecular formula is C22H34Cl2N4O2. The Morgan fingerprint density at radius 3 is 2.57 bits per heavy atom. The van der Waals surface area contributed by atoms with E-state index in [0.717, 1.165) is 58.0 Å². The molecule has 3 rings (SSSR count). The zero-order valence-corrected chi connectivity index (χ0v) is 19.2. The van der Waals surface area contributed by atoms with E-state index < -0.39 is 0 Å². The summed E-state index contributed by atoms with van der Waals surface area (Å²) in [7, 11) is 0. The Hall–Kier alpha value is -1.05. The summed E-state index contributed by atoms with van der Waals surface area (Å²) in [6.45, 7) is 8.24. The summed E-state index contributed by atoms with van der Waals surface area (Å²) in [5.41, 5.74) is 0.665. The predicted molar refractivity (Wildman–Crippen MR) is 124 cm³/mol. The van der Waals surface area contributed by atoms with Crippen molar-refractivity contribution < 1.29 is 9.90 Å². The predicted octanol–water partition coefficient (Wildman–Crippen LogP) is 4.02. The molecule has 168 valence electrons. The van der Waals surface area contributed by atoms with E-state index in [-0.39, 0.29) is 6.03 Å². The third-order valence-corrected chi connectivity index (χ3v) is 6.91. The number of hydrogen-bond donors (Lipinski definition) is 2. The van der Waals surface area contributed by atoms with Crippen LogP contribution in [-0.4, -0.2) is 84.8 Å². The van der Waals surface area contributed by atoms with Gasteiger partial charge >= 0.3 is 6.03 Å². The van der Waals surface area contributed by atoms with Crippen molar-refractivity contribution in [3.8, 4) is 0 Å².